The first-order valence-corrected chi connectivity index (χ1v) is 7.41. The Bertz CT molecular complexity index is 977. The minimum absolute atomic E-state index is 0.0168. The molecule has 8 heteroatoms. The first kappa shape index (κ1) is 16.9. The highest BCUT2D eigenvalue weighted by atomic mass is 19.4. The first-order valence-electron chi connectivity index (χ1n) is 7.41. The molecule has 25 heavy (non-hydrogen) atoms. The van der Waals surface area contributed by atoms with Crippen molar-refractivity contribution in [2.75, 3.05) is 0 Å². The van der Waals surface area contributed by atoms with Gasteiger partial charge in [-0.15, -0.1) is 0 Å². The summed E-state index contributed by atoms with van der Waals surface area (Å²) in [6.07, 6.45) is -2.95. The second-order valence-electron chi connectivity index (χ2n) is 5.73. The van der Waals surface area contributed by atoms with Crippen LogP contribution in [-0.2, 0) is 12.6 Å². The molecule has 2 heterocycles. The third kappa shape index (κ3) is 3.07. The molecule has 0 saturated heterocycles. The average molecular weight is 349 g/mol. The molecule has 0 atom stereocenters. The Morgan fingerprint density at radius 2 is 2.00 bits per heavy atom. The Kier molecular flexibility index (Phi) is 3.98. The van der Waals surface area contributed by atoms with Crippen LogP contribution in [0.2, 0.25) is 0 Å². The summed E-state index contributed by atoms with van der Waals surface area (Å²) in [6, 6.07) is 5.11. The molecular weight excluding hydrogens is 335 g/mol. The van der Waals surface area contributed by atoms with Crippen LogP contribution in [0.5, 0.6) is 0 Å². The molecule has 130 valence electrons. The van der Waals surface area contributed by atoms with Crippen LogP contribution in [0.4, 0.5) is 13.2 Å². The maximum Gasteiger partial charge on any atom is 0.416 e. The van der Waals surface area contributed by atoms with Crippen molar-refractivity contribution < 1.29 is 23.1 Å². The maximum absolute atomic E-state index is 12.9. The molecule has 0 bridgehead atoms. The van der Waals surface area contributed by atoms with Gasteiger partial charge in [0, 0.05) is 17.8 Å². The topological polar surface area (TPSA) is 67.5 Å². The minimum atomic E-state index is -4.40. The second-order valence-corrected chi connectivity index (χ2v) is 5.73. The Hall–Kier alpha value is -2.90. The van der Waals surface area contributed by atoms with Crippen molar-refractivity contribution >= 4 is 11.6 Å². The van der Waals surface area contributed by atoms with Gasteiger partial charge in [0.1, 0.15) is 5.56 Å². The molecule has 0 aliphatic heterocycles. The van der Waals surface area contributed by atoms with Gasteiger partial charge < -0.3 is 5.11 Å². The molecule has 0 fully saturated rings. The molecule has 3 aromatic rings. The lowest BCUT2D eigenvalue weighted by atomic mass is 10.0. The quantitative estimate of drug-likeness (QED) is 0.784. The van der Waals surface area contributed by atoms with Crippen molar-refractivity contribution in [3.8, 4) is 0 Å². The minimum Gasteiger partial charge on any atom is -0.477 e. The molecule has 3 rings (SSSR count). The largest absolute Gasteiger partial charge is 0.477 e. The summed E-state index contributed by atoms with van der Waals surface area (Å²) in [7, 11) is 0. The maximum atomic E-state index is 12.9. The predicted octanol–water partition coefficient (Wildman–Crippen LogP) is 3.65. The highest BCUT2D eigenvalue weighted by Crippen LogP contribution is 2.30. The van der Waals surface area contributed by atoms with Gasteiger partial charge in [-0.2, -0.15) is 18.3 Å². The number of carbonyl (C=O) groups is 1. The zero-order valence-corrected chi connectivity index (χ0v) is 13.4. The van der Waals surface area contributed by atoms with Crippen LogP contribution < -0.4 is 0 Å². The van der Waals surface area contributed by atoms with Gasteiger partial charge in [0.2, 0.25) is 0 Å². The number of carboxylic acid groups (broad SMARTS) is 1. The van der Waals surface area contributed by atoms with E-state index in [0.29, 0.717) is 22.5 Å². The molecule has 0 unspecified atom stereocenters. The Labute approximate surface area is 140 Å². The van der Waals surface area contributed by atoms with E-state index in [2.05, 4.69) is 10.1 Å². The van der Waals surface area contributed by atoms with Crippen LogP contribution in [-0.4, -0.2) is 25.7 Å². The van der Waals surface area contributed by atoms with Crippen molar-refractivity contribution in [2.45, 2.75) is 26.4 Å². The van der Waals surface area contributed by atoms with Gasteiger partial charge in [-0.3, -0.25) is 0 Å². The smallest absolute Gasteiger partial charge is 0.416 e. The zero-order chi connectivity index (χ0) is 18.4. The first-order chi connectivity index (χ1) is 11.7. The third-order valence-corrected chi connectivity index (χ3v) is 4.07. The van der Waals surface area contributed by atoms with Gasteiger partial charge >= 0.3 is 12.1 Å². The number of rotatable bonds is 3. The number of aromatic carboxylic acids is 1. The summed E-state index contributed by atoms with van der Waals surface area (Å²) in [5.41, 5.74) is 1.91. The Morgan fingerprint density at radius 3 is 2.64 bits per heavy atom. The van der Waals surface area contributed by atoms with E-state index in [9.17, 15) is 18.0 Å². The molecule has 0 radical (unpaired) electrons. The van der Waals surface area contributed by atoms with E-state index in [-0.39, 0.29) is 17.6 Å². The van der Waals surface area contributed by atoms with Crippen molar-refractivity contribution in [1.82, 2.24) is 14.6 Å². The Balaban J connectivity index is 2.07. The van der Waals surface area contributed by atoms with Crippen molar-refractivity contribution in [1.29, 1.82) is 0 Å². The molecule has 1 aromatic carbocycles. The fourth-order valence-electron chi connectivity index (χ4n) is 2.78. The van der Waals surface area contributed by atoms with E-state index in [0.717, 1.165) is 12.1 Å². The number of carboxylic acids is 1. The van der Waals surface area contributed by atoms with Gasteiger partial charge in [0.25, 0.3) is 0 Å². The zero-order valence-electron chi connectivity index (χ0n) is 13.4. The van der Waals surface area contributed by atoms with Crippen LogP contribution in [0.15, 0.2) is 30.5 Å². The summed E-state index contributed by atoms with van der Waals surface area (Å²) in [5.74, 6) is -1.13. The molecule has 5 nitrogen and oxygen atoms in total. The van der Waals surface area contributed by atoms with Crippen molar-refractivity contribution in [2.24, 2.45) is 0 Å². The van der Waals surface area contributed by atoms with Crippen LogP contribution in [0.25, 0.3) is 5.65 Å². The third-order valence-electron chi connectivity index (χ3n) is 4.07. The predicted molar refractivity (Wildman–Crippen MR) is 83.7 cm³/mol. The highest BCUT2D eigenvalue weighted by Gasteiger charge is 2.30. The standard InChI is InChI=1S/C17H14F3N3O2/c1-9-13(7-11-4-3-5-12(6-11)17(18,19)20)10(2)23-15(22-9)14(8-21-23)16(24)25/h3-6,8H,7H2,1-2H3,(H,24,25). The number of hydrogen-bond donors (Lipinski definition) is 1. The molecule has 2 aromatic heterocycles. The molecule has 1 N–H and O–H groups in total. The van der Waals surface area contributed by atoms with Gasteiger partial charge in [-0.05, 0) is 31.0 Å². The molecule has 0 aliphatic rings. The number of hydrogen-bond acceptors (Lipinski definition) is 3. The van der Waals surface area contributed by atoms with E-state index in [4.69, 9.17) is 5.11 Å². The summed E-state index contributed by atoms with van der Waals surface area (Å²) >= 11 is 0. The average Bonchev–Trinajstić information content (AvgIpc) is 2.95. The van der Waals surface area contributed by atoms with Crippen LogP contribution in [0, 0.1) is 13.8 Å². The SMILES string of the molecule is Cc1nc2c(C(=O)O)cnn2c(C)c1Cc1cccc(C(F)(F)F)c1. The molecular formula is C17H14F3N3O2. The van der Waals surface area contributed by atoms with Gasteiger partial charge in [0.15, 0.2) is 5.65 Å². The van der Waals surface area contributed by atoms with E-state index in [1.54, 1.807) is 19.9 Å². The summed E-state index contributed by atoms with van der Waals surface area (Å²) in [6.45, 7) is 3.44. The fraction of sp³-hybridized carbons (Fsp3) is 0.235. The monoisotopic (exact) mass is 349 g/mol. The van der Waals surface area contributed by atoms with Crippen molar-refractivity contribution in [3.63, 3.8) is 0 Å². The number of aromatic nitrogens is 3. The van der Waals surface area contributed by atoms with Crippen molar-refractivity contribution in [3.05, 3.63) is 64.1 Å². The van der Waals surface area contributed by atoms with Gasteiger partial charge in [-0.25, -0.2) is 14.3 Å². The highest BCUT2D eigenvalue weighted by molar-refractivity contribution is 5.94. The lowest BCUT2D eigenvalue weighted by molar-refractivity contribution is -0.137. The summed E-state index contributed by atoms with van der Waals surface area (Å²) in [4.78, 5) is 15.5. The number of halogens is 3. The Morgan fingerprint density at radius 1 is 1.28 bits per heavy atom. The lowest BCUT2D eigenvalue weighted by Gasteiger charge is -2.13. The van der Waals surface area contributed by atoms with E-state index >= 15 is 0 Å². The normalized spacial score (nSPS) is 11.9. The number of nitrogens with zero attached hydrogens (tertiary/aromatic N) is 3. The molecule has 0 aliphatic carbocycles. The number of alkyl halides is 3. The molecule has 0 spiro atoms. The van der Waals surface area contributed by atoms with E-state index in [1.165, 1.54) is 16.8 Å². The lowest BCUT2D eigenvalue weighted by Crippen LogP contribution is -2.09. The van der Waals surface area contributed by atoms with Crippen LogP contribution in [0.3, 0.4) is 0 Å². The molecule has 0 saturated carbocycles. The number of aryl methyl sites for hydroxylation is 2. The fourth-order valence-corrected chi connectivity index (χ4v) is 2.78. The van der Waals surface area contributed by atoms with E-state index < -0.39 is 17.7 Å². The number of fused-ring (bicyclic) bond motifs is 1. The molecule has 0 amide bonds. The van der Waals surface area contributed by atoms with Crippen LogP contribution in [0.1, 0.15) is 38.4 Å². The van der Waals surface area contributed by atoms with Gasteiger partial charge in [0.05, 0.1) is 11.8 Å². The van der Waals surface area contributed by atoms with E-state index in [1.807, 2.05) is 0 Å². The van der Waals surface area contributed by atoms with Gasteiger partial charge in [-0.1, -0.05) is 18.2 Å². The van der Waals surface area contributed by atoms with Crippen LogP contribution >= 0.6 is 0 Å². The second kappa shape index (κ2) is 5.87. The summed E-state index contributed by atoms with van der Waals surface area (Å²) < 4.78 is 40.0. The number of benzene rings is 1. The summed E-state index contributed by atoms with van der Waals surface area (Å²) in [5, 5.41) is 13.2.